The van der Waals surface area contributed by atoms with E-state index in [0.717, 1.165) is 45.3 Å². The van der Waals surface area contributed by atoms with Crippen molar-refractivity contribution in [1.29, 1.82) is 0 Å². The molecule has 0 aliphatic heterocycles. The maximum atomic E-state index is 11.4. The van der Waals surface area contributed by atoms with Crippen molar-refractivity contribution >= 4 is 17.2 Å². The Morgan fingerprint density at radius 1 is 0.875 bits per heavy atom. The molecule has 0 amide bonds. The highest BCUT2D eigenvalue weighted by molar-refractivity contribution is 5.90. The molecule has 32 heavy (non-hydrogen) atoms. The molecule has 0 radical (unpaired) electrons. The largest absolute Gasteiger partial charge is 0.493 e. The fourth-order valence-electron chi connectivity index (χ4n) is 3.83. The number of hydrogen-bond donors (Lipinski definition) is 1. The second-order valence-corrected chi connectivity index (χ2v) is 7.26. The first-order valence-corrected chi connectivity index (χ1v) is 10.2. The van der Waals surface area contributed by atoms with Crippen molar-refractivity contribution in [2.24, 2.45) is 0 Å². The lowest BCUT2D eigenvalue weighted by atomic mass is 9.99. The number of benzene rings is 3. The van der Waals surface area contributed by atoms with Gasteiger partial charge in [-0.1, -0.05) is 30.3 Å². The molecule has 4 rings (SSSR count). The average Bonchev–Trinajstić information content (AvgIpc) is 3.25. The third kappa shape index (κ3) is 4.12. The van der Waals surface area contributed by atoms with Crippen molar-refractivity contribution in [2.75, 3.05) is 21.3 Å². The maximum Gasteiger partial charge on any atom is 0.203 e. The zero-order valence-electron chi connectivity index (χ0n) is 18.3. The number of fused-ring (bicyclic) bond motifs is 1. The molecule has 1 N–H and O–H groups in total. The van der Waals surface area contributed by atoms with Crippen LogP contribution in [0.25, 0.3) is 22.2 Å². The summed E-state index contributed by atoms with van der Waals surface area (Å²) in [5, 5.41) is 0.986. The van der Waals surface area contributed by atoms with Crippen molar-refractivity contribution in [1.82, 2.24) is 4.98 Å². The Morgan fingerprint density at radius 2 is 1.66 bits per heavy atom. The Bertz CT molecular complexity index is 1230. The smallest absolute Gasteiger partial charge is 0.203 e. The summed E-state index contributed by atoms with van der Waals surface area (Å²) in [4.78, 5) is 14.8. The van der Waals surface area contributed by atoms with Crippen LogP contribution in [-0.2, 0) is 17.8 Å². The fourth-order valence-corrected chi connectivity index (χ4v) is 3.83. The Labute approximate surface area is 186 Å². The lowest BCUT2D eigenvalue weighted by Crippen LogP contribution is -2.01. The SMILES string of the molecule is COc1cc(CC=O)c(-c2cc3cc(OCc4ccccc4)ccc3[nH]2)c(OC)c1OC. The van der Waals surface area contributed by atoms with Gasteiger partial charge in [0.15, 0.2) is 11.5 Å². The quantitative estimate of drug-likeness (QED) is 0.370. The summed E-state index contributed by atoms with van der Waals surface area (Å²) < 4.78 is 22.7. The van der Waals surface area contributed by atoms with E-state index in [1.807, 2.05) is 60.7 Å². The van der Waals surface area contributed by atoms with Crippen LogP contribution in [0, 0.1) is 0 Å². The molecular formula is C26H25NO5. The van der Waals surface area contributed by atoms with Crippen LogP contribution in [0.15, 0.2) is 60.7 Å². The number of aldehydes is 1. The zero-order chi connectivity index (χ0) is 22.5. The van der Waals surface area contributed by atoms with Gasteiger partial charge in [0.1, 0.15) is 18.6 Å². The summed E-state index contributed by atoms with van der Waals surface area (Å²) in [6.45, 7) is 0.497. The Kier molecular flexibility index (Phi) is 6.31. The van der Waals surface area contributed by atoms with Gasteiger partial charge in [0.2, 0.25) is 5.75 Å². The summed E-state index contributed by atoms with van der Waals surface area (Å²) in [6.07, 6.45) is 1.08. The van der Waals surface area contributed by atoms with Crippen LogP contribution >= 0.6 is 0 Å². The van der Waals surface area contributed by atoms with Crippen molar-refractivity contribution < 1.29 is 23.7 Å². The molecule has 0 aliphatic carbocycles. The lowest BCUT2D eigenvalue weighted by Gasteiger charge is -2.18. The molecule has 164 valence electrons. The van der Waals surface area contributed by atoms with Crippen molar-refractivity contribution in [2.45, 2.75) is 13.0 Å². The highest BCUT2D eigenvalue weighted by Crippen LogP contribution is 2.47. The van der Waals surface area contributed by atoms with Gasteiger partial charge in [-0.15, -0.1) is 0 Å². The average molecular weight is 431 g/mol. The first-order valence-electron chi connectivity index (χ1n) is 10.2. The van der Waals surface area contributed by atoms with Gasteiger partial charge >= 0.3 is 0 Å². The summed E-state index contributed by atoms with van der Waals surface area (Å²) in [5.74, 6) is 2.28. The maximum absolute atomic E-state index is 11.4. The highest BCUT2D eigenvalue weighted by Gasteiger charge is 2.23. The van der Waals surface area contributed by atoms with E-state index in [2.05, 4.69) is 4.98 Å². The van der Waals surface area contributed by atoms with E-state index in [1.165, 1.54) is 0 Å². The molecule has 0 fully saturated rings. The predicted molar refractivity (Wildman–Crippen MR) is 124 cm³/mol. The number of aromatic amines is 1. The standard InChI is InChI=1S/C26H25NO5/c1-29-23-15-18(11-12-28)24(26(31-3)25(23)30-2)22-14-19-13-20(9-10-21(19)27-22)32-16-17-7-5-4-6-8-17/h4-10,12-15,27H,11,16H2,1-3H3. The molecule has 0 saturated heterocycles. The second kappa shape index (κ2) is 9.47. The van der Waals surface area contributed by atoms with Crippen LogP contribution in [0.2, 0.25) is 0 Å². The van der Waals surface area contributed by atoms with Gasteiger partial charge < -0.3 is 28.7 Å². The van der Waals surface area contributed by atoms with Crippen LogP contribution < -0.4 is 18.9 Å². The van der Waals surface area contributed by atoms with Crippen molar-refractivity contribution in [3.8, 4) is 34.3 Å². The number of rotatable bonds is 9. The highest BCUT2D eigenvalue weighted by atomic mass is 16.5. The molecule has 0 bridgehead atoms. The number of ether oxygens (including phenoxy) is 4. The van der Waals surface area contributed by atoms with Gasteiger partial charge in [-0.3, -0.25) is 0 Å². The van der Waals surface area contributed by atoms with Gasteiger partial charge in [-0.05, 0) is 41.5 Å². The molecule has 0 aliphatic rings. The first kappa shape index (κ1) is 21.3. The molecule has 4 aromatic rings. The van der Waals surface area contributed by atoms with E-state index in [9.17, 15) is 4.79 Å². The van der Waals surface area contributed by atoms with Crippen molar-refractivity contribution in [3.05, 3.63) is 71.8 Å². The first-order chi connectivity index (χ1) is 15.7. The second-order valence-electron chi connectivity index (χ2n) is 7.26. The molecule has 0 saturated carbocycles. The zero-order valence-corrected chi connectivity index (χ0v) is 18.3. The molecule has 0 atom stereocenters. The number of carbonyl (C=O) groups excluding carboxylic acids is 1. The van der Waals surface area contributed by atoms with E-state index < -0.39 is 0 Å². The number of carbonyl (C=O) groups is 1. The number of H-pyrrole nitrogens is 1. The molecule has 1 heterocycles. The third-order valence-electron chi connectivity index (χ3n) is 5.32. The predicted octanol–water partition coefficient (Wildman–Crippen LogP) is 5.18. The molecule has 6 heteroatoms. The van der Waals surface area contributed by atoms with Gasteiger partial charge in [-0.25, -0.2) is 0 Å². The minimum absolute atomic E-state index is 0.215. The molecule has 3 aromatic carbocycles. The van der Waals surface area contributed by atoms with Gasteiger partial charge in [0.25, 0.3) is 0 Å². The number of hydrogen-bond acceptors (Lipinski definition) is 5. The molecular weight excluding hydrogens is 406 g/mol. The van der Waals surface area contributed by atoms with Gasteiger partial charge in [0, 0.05) is 22.9 Å². The normalized spacial score (nSPS) is 10.7. The number of aromatic nitrogens is 1. The van der Waals surface area contributed by atoms with E-state index >= 15 is 0 Å². The lowest BCUT2D eigenvalue weighted by molar-refractivity contribution is -0.107. The van der Waals surface area contributed by atoms with Gasteiger partial charge in [0.05, 0.1) is 27.0 Å². The molecule has 0 unspecified atom stereocenters. The Morgan fingerprint density at radius 3 is 2.34 bits per heavy atom. The monoisotopic (exact) mass is 431 g/mol. The fraction of sp³-hybridized carbons (Fsp3) is 0.192. The van der Waals surface area contributed by atoms with E-state index in [-0.39, 0.29) is 6.42 Å². The van der Waals surface area contributed by atoms with Crippen molar-refractivity contribution in [3.63, 3.8) is 0 Å². The molecule has 6 nitrogen and oxygen atoms in total. The molecule has 1 aromatic heterocycles. The number of nitrogens with one attached hydrogen (secondary N) is 1. The van der Waals surface area contributed by atoms with Crippen LogP contribution in [-0.4, -0.2) is 32.6 Å². The van der Waals surface area contributed by atoms with E-state index in [4.69, 9.17) is 18.9 Å². The topological polar surface area (TPSA) is 69.8 Å². The summed E-state index contributed by atoms with van der Waals surface area (Å²) in [7, 11) is 4.69. The summed E-state index contributed by atoms with van der Waals surface area (Å²) >= 11 is 0. The minimum atomic E-state index is 0.215. The summed E-state index contributed by atoms with van der Waals surface area (Å²) in [5.41, 5.74) is 4.41. The Balaban J connectivity index is 1.75. The Hall–Kier alpha value is -3.93. The van der Waals surface area contributed by atoms with Crippen LogP contribution in [0.1, 0.15) is 11.1 Å². The van der Waals surface area contributed by atoms with Crippen LogP contribution in [0.5, 0.6) is 23.0 Å². The van der Waals surface area contributed by atoms with E-state index in [1.54, 1.807) is 21.3 Å². The van der Waals surface area contributed by atoms with Crippen LogP contribution in [0.4, 0.5) is 0 Å². The third-order valence-corrected chi connectivity index (χ3v) is 5.32. The van der Waals surface area contributed by atoms with Gasteiger partial charge in [-0.2, -0.15) is 0 Å². The summed E-state index contributed by atoms with van der Waals surface area (Å²) in [6, 6.07) is 19.8. The minimum Gasteiger partial charge on any atom is -0.493 e. The van der Waals surface area contributed by atoms with Crippen LogP contribution in [0.3, 0.4) is 0 Å². The molecule has 0 spiro atoms. The number of methoxy groups -OCH3 is 3. The van der Waals surface area contributed by atoms with E-state index in [0.29, 0.717) is 23.9 Å².